The molecular weight excluding hydrogens is 618 g/mol. The quantitative estimate of drug-likeness (QED) is 0.149. The molecule has 1 aliphatic heterocycles. The number of nitrogens with two attached hydrogens (primary N) is 1. The molecule has 1 unspecified atom stereocenters. The lowest BCUT2D eigenvalue weighted by molar-refractivity contribution is -0.0435. The van der Waals surface area contributed by atoms with E-state index in [2.05, 4.69) is 59.6 Å². The Labute approximate surface area is 270 Å². The van der Waals surface area contributed by atoms with Crippen molar-refractivity contribution in [2.24, 2.45) is 5.41 Å². The molecule has 1 amide bonds. The summed E-state index contributed by atoms with van der Waals surface area (Å²) in [6.07, 6.45) is 3.45. The van der Waals surface area contributed by atoms with Gasteiger partial charge in [-0.25, -0.2) is 0 Å². The van der Waals surface area contributed by atoms with Crippen molar-refractivity contribution < 1.29 is 22.5 Å². The number of carbonyl (C=O) groups is 1. The second-order valence-corrected chi connectivity index (χ2v) is 14.9. The first kappa shape index (κ1) is 33.2. The van der Waals surface area contributed by atoms with Crippen molar-refractivity contribution in [2.45, 2.75) is 55.3 Å². The molecule has 0 saturated carbocycles. The van der Waals surface area contributed by atoms with Crippen molar-refractivity contribution in [1.29, 1.82) is 0 Å². The number of anilines is 2. The van der Waals surface area contributed by atoms with Crippen LogP contribution < -0.4 is 15.4 Å². The number of benzene rings is 3. The van der Waals surface area contributed by atoms with Crippen molar-refractivity contribution in [2.75, 3.05) is 43.4 Å². The third-order valence-electron chi connectivity index (χ3n) is 8.50. The third kappa shape index (κ3) is 8.38. The van der Waals surface area contributed by atoms with E-state index >= 15 is 0 Å². The Bertz CT molecular complexity index is 1530. The summed E-state index contributed by atoms with van der Waals surface area (Å²) in [6, 6.07) is 20.0. The second-order valence-electron chi connectivity index (χ2n) is 12.5. The van der Waals surface area contributed by atoms with Gasteiger partial charge in [-0.2, -0.15) is 0 Å². The molecule has 1 atom stereocenters. The van der Waals surface area contributed by atoms with Crippen molar-refractivity contribution in [3.8, 4) is 0 Å². The SMILES string of the molecule is Cc1ccc(C2=C(CN3CCN(c4ccc(C(=O)NSc5ccc([S+]([O-])C(F)(F)F)c(N)c5)cc4)CC3)CC(C)(C)CC2)cc1. The Balaban J connectivity index is 1.15. The van der Waals surface area contributed by atoms with Crippen LogP contribution in [0.4, 0.5) is 24.5 Å². The van der Waals surface area contributed by atoms with Gasteiger partial charge in [0.25, 0.3) is 5.91 Å². The topological polar surface area (TPSA) is 84.7 Å². The normalized spacial score (nSPS) is 18.2. The first-order valence-electron chi connectivity index (χ1n) is 15.0. The van der Waals surface area contributed by atoms with E-state index in [1.807, 2.05) is 12.1 Å². The number of nitrogen functional groups attached to an aromatic ring is 1. The zero-order valence-corrected chi connectivity index (χ0v) is 27.4. The lowest BCUT2D eigenvalue weighted by atomic mass is 9.72. The van der Waals surface area contributed by atoms with Gasteiger partial charge in [0.05, 0.1) is 5.69 Å². The lowest BCUT2D eigenvalue weighted by Gasteiger charge is -2.39. The summed E-state index contributed by atoms with van der Waals surface area (Å²) in [5.74, 6) is -0.342. The predicted octanol–water partition coefficient (Wildman–Crippen LogP) is 7.43. The van der Waals surface area contributed by atoms with Crippen LogP contribution in [0.15, 0.2) is 82.1 Å². The largest absolute Gasteiger partial charge is 0.604 e. The molecule has 2 aliphatic rings. The zero-order chi connectivity index (χ0) is 32.4. The fraction of sp³-hybridized carbons (Fsp3) is 0.382. The van der Waals surface area contributed by atoms with Crippen LogP contribution in [0.1, 0.15) is 54.6 Å². The predicted molar refractivity (Wildman–Crippen MR) is 177 cm³/mol. The zero-order valence-electron chi connectivity index (χ0n) is 25.7. The number of aryl methyl sites for hydroxylation is 1. The summed E-state index contributed by atoms with van der Waals surface area (Å²) in [6.45, 7) is 11.6. The van der Waals surface area contributed by atoms with Crippen molar-refractivity contribution in [1.82, 2.24) is 9.62 Å². The molecule has 240 valence electrons. The number of nitrogens with one attached hydrogen (secondary N) is 1. The van der Waals surface area contributed by atoms with Gasteiger partial charge in [-0.1, -0.05) is 49.2 Å². The van der Waals surface area contributed by atoms with Gasteiger partial charge in [-0.15, -0.1) is 13.2 Å². The van der Waals surface area contributed by atoms with Crippen LogP contribution in [-0.4, -0.2) is 53.6 Å². The maximum absolute atomic E-state index is 12.8. The van der Waals surface area contributed by atoms with Crippen LogP contribution in [0, 0.1) is 12.3 Å². The number of allylic oxidation sites excluding steroid dienone is 1. The van der Waals surface area contributed by atoms with Crippen LogP contribution in [-0.2, 0) is 11.2 Å². The molecular formula is C34H39F3N4O2S2. The van der Waals surface area contributed by atoms with E-state index in [0.29, 0.717) is 15.9 Å². The molecule has 1 fully saturated rings. The first-order chi connectivity index (χ1) is 21.3. The maximum Gasteiger partial charge on any atom is 0.578 e. The van der Waals surface area contributed by atoms with Gasteiger partial charge in [0, 0.05) is 48.9 Å². The molecule has 0 aromatic heterocycles. The molecule has 0 spiro atoms. The smallest absolute Gasteiger partial charge is 0.578 e. The Morgan fingerprint density at radius 2 is 1.69 bits per heavy atom. The molecule has 1 heterocycles. The summed E-state index contributed by atoms with van der Waals surface area (Å²) in [7, 11) is 0. The monoisotopic (exact) mass is 656 g/mol. The fourth-order valence-corrected chi connectivity index (χ4v) is 7.34. The minimum atomic E-state index is -4.90. The van der Waals surface area contributed by atoms with Gasteiger partial charge >= 0.3 is 5.51 Å². The second kappa shape index (κ2) is 13.7. The number of halogens is 3. The van der Waals surface area contributed by atoms with Gasteiger partial charge in [-0.3, -0.25) is 14.4 Å². The van der Waals surface area contributed by atoms with E-state index in [9.17, 15) is 22.5 Å². The molecule has 1 saturated heterocycles. The summed E-state index contributed by atoms with van der Waals surface area (Å²) >= 11 is -2.28. The Hall–Kier alpha value is -3.12. The molecule has 6 nitrogen and oxygen atoms in total. The highest BCUT2D eigenvalue weighted by atomic mass is 32.2. The van der Waals surface area contributed by atoms with E-state index in [-0.39, 0.29) is 11.6 Å². The van der Waals surface area contributed by atoms with Crippen molar-refractivity contribution in [3.63, 3.8) is 0 Å². The molecule has 3 N–H and O–H groups in total. The number of nitrogens with zero attached hydrogens (tertiary/aromatic N) is 2. The Morgan fingerprint density at radius 3 is 2.31 bits per heavy atom. The summed E-state index contributed by atoms with van der Waals surface area (Å²) in [4.78, 5) is 17.6. The van der Waals surface area contributed by atoms with Gasteiger partial charge in [0.2, 0.25) is 0 Å². The number of carbonyl (C=O) groups excluding carboxylic acids is 1. The molecule has 3 aromatic carbocycles. The van der Waals surface area contributed by atoms with Gasteiger partial charge in [0.15, 0.2) is 4.90 Å². The van der Waals surface area contributed by atoms with Gasteiger partial charge in [0.1, 0.15) is 11.2 Å². The number of amides is 1. The first-order valence-corrected chi connectivity index (χ1v) is 17.0. The number of piperazine rings is 1. The van der Waals surface area contributed by atoms with Gasteiger partial charge in [-0.05, 0) is 97.2 Å². The number of hydrogen-bond acceptors (Lipinski definition) is 6. The minimum Gasteiger partial charge on any atom is -0.604 e. The summed E-state index contributed by atoms with van der Waals surface area (Å²) in [5, 5.41) is 0. The standard InChI is InChI=1S/C34H39F3N4O2S2/c1-23-4-6-24(7-5-23)29-14-15-33(2,3)21-26(29)22-40-16-18-41(19-17-40)27-10-8-25(9-11-27)32(42)39-44-28-12-13-31(30(38)20-28)45(43)34(35,36)37/h4-13,20H,14-19,21-22,38H2,1-3H3,(H,39,42). The average Bonchev–Trinajstić information content (AvgIpc) is 3.00. The van der Waals surface area contributed by atoms with Crippen molar-refractivity contribution >= 4 is 46.0 Å². The molecule has 0 bridgehead atoms. The molecule has 45 heavy (non-hydrogen) atoms. The van der Waals surface area contributed by atoms with Crippen LogP contribution in [0.5, 0.6) is 0 Å². The van der Waals surface area contributed by atoms with Crippen molar-refractivity contribution in [3.05, 3.63) is 89.0 Å². The molecule has 1 aliphatic carbocycles. The number of rotatable bonds is 8. The van der Waals surface area contributed by atoms with Crippen LogP contribution >= 0.6 is 11.9 Å². The summed E-state index contributed by atoms with van der Waals surface area (Å²) in [5.41, 5.74) is 8.09. The van der Waals surface area contributed by atoms with E-state index in [1.54, 1.807) is 17.7 Å². The highest BCUT2D eigenvalue weighted by Gasteiger charge is 2.47. The Kier molecular flexibility index (Phi) is 10.1. The van der Waals surface area contributed by atoms with Gasteiger partial charge < -0.3 is 15.2 Å². The van der Waals surface area contributed by atoms with E-state index < -0.39 is 21.6 Å². The highest BCUT2D eigenvalue weighted by Crippen LogP contribution is 2.43. The molecule has 5 rings (SSSR count). The van der Waals surface area contributed by atoms with E-state index in [0.717, 1.165) is 69.3 Å². The fourth-order valence-electron chi connectivity index (χ4n) is 5.97. The van der Waals surface area contributed by atoms with Crippen LogP contribution in [0.25, 0.3) is 5.57 Å². The highest BCUT2D eigenvalue weighted by molar-refractivity contribution is 7.98. The third-order valence-corrected chi connectivity index (χ3v) is 10.5. The molecule has 0 radical (unpaired) electrons. The minimum absolute atomic E-state index is 0.250. The summed E-state index contributed by atoms with van der Waals surface area (Å²) < 4.78 is 52.6. The van der Waals surface area contributed by atoms with E-state index in [1.165, 1.54) is 35.3 Å². The van der Waals surface area contributed by atoms with Crippen LogP contribution in [0.2, 0.25) is 0 Å². The average molecular weight is 657 g/mol. The molecule has 3 aromatic rings. The molecule has 11 heteroatoms. The number of hydrogen-bond donors (Lipinski definition) is 2. The Morgan fingerprint density at radius 1 is 1.02 bits per heavy atom. The lowest BCUT2D eigenvalue weighted by Crippen LogP contribution is -2.47. The van der Waals surface area contributed by atoms with E-state index in [4.69, 9.17) is 5.73 Å². The maximum atomic E-state index is 12.8. The van der Waals surface area contributed by atoms with Crippen LogP contribution in [0.3, 0.4) is 0 Å². The number of alkyl halides is 3.